The minimum atomic E-state index is -3.63. The zero-order valence-electron chi connectivity index (χ0n) is 18.5. The van der Waals surface area contributed by atoms with Crippen molar-refractivity contribution in [3.8, 4) is 5.75 Å². The molecule has 2 atom stereocenters. The van der Waals surface area contributed by atoms with Crippen LogP contribution in [0.2, 0.25) is 0 Å². The molecule has 1 aromatic carbocycles. The molecule has 2 rings (SSSR count). The number of hydrogen-bond donors (Lipinski definition) is 3. The van der Waals surface area contributed by atoms with Gasteiger partial charge in [0.05, 0.1) is 25.5 Å². The van der Waals surface area contributed by atoms with E-state index in [-0.39, 0.29) is 55.1 Å². The third-order valence-electron chi connectivity index (χ3n) is 4.24. The molecule has 0 aliphatic carbocycles. The normalized spacial score (nSPS) is 13.6. The topological polar surface area (TPSA) is 126 Å². The second-order valence-corrected chi connectivity index (χ2v) is 9.85. The summed E-state index contributed by atoms with van der Waals surface area (Å²) in [7, 11) is -3.63. The molecule has 0 fully saturated rings. The van der Waals surface area contributed by atoms with Crippen molar-refractivity contribution in [3.63, 3.8) is 0 Å². The number of sulfonamides is 1. The lowest BCUT2D eigenvalue weighted by molar-refractivity contribution is 0.244. The largest absolute Gasteiger partial charge is 0.490 e. The summed E-state index contributed by atoms with van der Waals surface area (Å²) in [5.74, 6) is -1.96. The summed E-state index contributed by atoms with van der Waals surface area (Å²) >= 11 is 0. The number of nitrogens with zero attached hydrogens (tertiary/aromatic N) is 3. The summed E-state index contributed by atoms with van der Waals surface area (Å²) in [5, 5.41) is 12.6. The third-order valence-corrected chi connectivity index (χ3v) is 4.79. The quantitative estimate of drug-likeness (QED) is 0.429. The first-order valence-electron chi connectivity index (χ1n) is 10.1. The van der Waals surface area contributed by atoms with Crippen LogP contribution in [-0.2, 0) is 16.4 Å². The number of anilines is 2. The second kappa shape index (κ2) is 11.3. The van der Waals surface area contributed by atoms with Crippen molar-refractivity contribution in [2.45, 2.75) is 39.7 Å². The van der Waals surface area contributed by atoms with Gasteiger partial charge in [0.1, 0.15) is 5.82 Å². The molecule has 0 radical (unpaired) electrons. The first-order chi connectivity index (χ1) is 15.0. The molecular weight excluding hydrogens is 444 g/mol. The number of aliphatic hydroxyl groups excluding tert-OH is 1. The lowest BCUT2D eigenvalue weighted by Gasteiger charge is -2.19. The third kappa shape index (κ3) is 8.50. The predicted molar refractivity (Wildman–Crippen MR) is 117 cm³/mol. The van der Waals surface area contributed by atoms with Gasteiger partial charge in [0.25, 0.3) is 0 Å². The van der Waals surface area contributed by atoms with Crippen LogP contribution in [0.15, 0.2) is 18.2 Å². The summed E-state index contributed by atoms with van der Waals surface area (Å²) < 4.78 is 57.9. The summed E-state index contributed by atoms with van der Waals surface area (Å²) in [6, 6.07) is 3.35. The Morgan fingerprint density at radius 2 is 1.81 bits per heavy atom. The fourth-order valence-corrected chi connectivity index (χ4v) is 3.34. The Hall–Kier alpha value is -2.60. The minimum absolute atomic E-state index is 0.0519. The van der Waals surface area contributed by atoms with E-state index < -0.39 is 21.7 Å². The van der Waals surface area contributed by atoms with Crippen LogP contribution >= 0.6 is 0 Å². The highest BCUT2D eigenvalue weighted by atomic mass is 32.2. The van der Waals surface area contributed by atoms with Gasteiger partial charge < -0.3 is 15.2 Å². The highest BCUT2D eigenvalue weighted by Crippen LogP contribution is 2.20. The number of halogens is 2. The van der Waals surface area contributed by atoms with E-state index in [2.05, 4.69) is 25.0 Å². The number of aliphatic hydroxyl groups is 1. The maximum Gasteiger partial charge on any atom is 0.241 e. The van der Waals surface area contributed by atoms with Gasteiger partial charge >= 0.3 is 0 Å². The van der Waals surface area contributed by atoms with Gasteiger partial charge in [-0.25, -0.2) is 12.8 Å². The molecule has 178 valence electrons. The maximum absolute atomic E-state index is 13.8. The Morgan fingerprint density at radius 1 is 1.12 bits per heavy atom. The number of benzene rings is 1. The fourth-order valence-electron chi connectivity index (χ4n) is 2.92. The molecule has 0 aliphatic rings. The van der Waals surface area contributed by atoms with Crippen LogP contribution in [0.5, 0.6) is 5.75 Å². The van der Waals surface area contributed by atoms with Crippen molar-refractivity contribution in [3.05, 3.63) is 35.7 Å². The number of hydrogen-bond acceptors (Lipinski definition) is 8. The van der Waals surface area contributed by atoms with Crippen LogP contribution in [0, 0.1) is 23.5 Å². The van der Waals surface area contributed by atoms with Crippen LogP contribution in [0.25, 0.3) is 0 Å². The first-order valence-corrected chi connectivity index (χ1v) is 12.0. The first kappa shape index (κ1) is 25.7. The smallest absolute Gasteiger partial charge is 0.241 e. The van der Waals surface area contributed by atoms with Crippen molar-refractivity contribution < 1.29 is 27.0 Å². The van der Waals surface area contributed by atoms with E-state index in [0.29, 0.717) is 12.3 Å². The van der Waals surface area contributed by atoms with Crippen molar-refractivity contribution in [1.29, 1.82) is 0 Å². The molecule has 0 saturated carbocycles. The van der Waals surface area contributed by atoms with E-state index in [9.17, 15) is 22.3 Å². The Balaban J connectivity index is 2.16. The van der Waals surface area contributed by atoms with Gasteiger partial charge in [-0.2, -0.15) is 19.3 Å². The zero-order chi connectivity index (χ0) is 23.9. The van der Waals surface area contributed by atoms with Crippen molar-refractivity contribution in [2.75, 3.05) is 29.5 Å². The van der Waals surface area contributed by atoms with E-state index >= 15 is 0 Å². The molecule has 0 aliphatic heterocycles. The number of nitrogens with one attached hydrogen (secondary N) is 2. The van der Waals surface area contributed by atoms with E-state index in [1.807, 2.05) is 13.8 Å². The molecule has 0 amide bonds. The predicted octanol–water partition coefficient (Wildman–Crippen LogP) is 2.60. The molecule has 0 saturated heterocycles. The monoisotopic (exact) mass is 473 g/mol. The van der Waals surface area contributed by atoms with Gasteiger partial charge in [-0.3, -0.25) is 4.72 Å². The van der Waals surface area contributed by atoms with E-state index in [1.165, 1.54) is 12.1 Å². The molecule has 3 N–H and O–H groups in total. The van der Waals surface area contributed by atoms with Crippen LogP contribution in [0.1, 0.15) is 33.0 Å². The molecule has 1 unspecified atom stereocenters. The molecule has 12 heteroatoms. The van der Waals surface area contributed by atoms with E-state index in [0.717, 1.165) is 12.3 Å². The standard InChI is InChI=1S/C20H29F2N5O4S/c1-12(2)8-14(10-28)23-19-24-17(25-20(26-19)27-32(4,29)30)9-13(3)11-31-16-7-5-6-15(21)18(16)22/h5-7,12-14,28H,8-11H2,1-4H3,(H2,23,24,25,26,27)/t13?,14-/m1/s1. The van der Waals surface area contributed by atoms with Crippen LogP contribution < -0.4 is 14.8 Å². The average Bonchev–Trinajstić information content (AvgIpc) is 2.66. The molecule has 1 aromatic heterocycles. The van der Waals surface area contributed by atoms with Crippen LogP contribution in [-0.4, -0.2) is 54.0 Å². The molecule has 9 nitrogen and oxygen atoms in total. The molecule has 2 aromatic rings. The molecular formula is C20H29F2N5O4S. The SMILES string of the molecule is CC(C)C[C@H](CO)Nc1nc(CC(C)COc2cccc(F)c2F)nc(NS(C)(=O)=O)n1. The highest BCUT2D eigenvalue weighted by Gasteiger charge is 2.17. The molecule has 32 heavy (non-hydrogen) atoms. The highest BCUT2D eigenvalue weighted by molar-refractivity contribution is 7.91. The van der Waals surface area contributed by atoms with Crippen molar-refractivity contribution >= 4 is 21.9 Å². The summed E-state index contributed by atoms with van der Waals surface area (Å²) in [4.78, 5) is 12.5. The Morgan fingerprint density at radius 3 is 2.44 bits per heavy atom. The zero-order valence-corrected chi connectivity index (χ0v) is 19.3. The molecule has 0 bridgehead atoms. The van der Waals surface area contributed by atoms with Crippen LogP contribution in [0.3, 0.4) is 0 Å². The van der Waals surface area contributed by atoms with Crippen molar-refractivity contribution in [1.82, 2.24) is 15.0 Å². The Bertz CT molecular complexity index is 1010. The maximum atomic E-state index is 13.8. The summed E-state index contributed by atoms with van der Waals surface area (Å²) in [6.45, 7) is 5.70. The summed E-state index contributed by atoms with van der Waals surface area (Å²) in [6.07, 6.45) is 1.87. The summed E-state index contributed by atoms with van der Waals surface area (Å²) in [5.41, 5.74) is 0. The number of ether oxygens (including phenoxy) is 1. The Labute approximate surface area is 186 Å². The van der Waals surface area contributed by atoms with E-state index in [4.69, 9.17) is 4.74 Å². The van der Waals surface area contributed by atoms with Gasteiger partial charge in [0, 0.05) is 6.42 Å². The molecule has 0 spiro atoms. The Kier molecular flexibility index (Phi) is 9.08. The minimum Gasteiger partial charge on any atom is -0.490 e. The fraction of sp³-hybridized carbons (Fsp3) is 0.550. The average molecular weight is 474 g/mol. The van der Waals surface area contributed by atoms with Crippen molar-refractivity contribution in [2.24, 2.45) is 11.8 Å². The van der Waals surface area contributed by atoms with Gasteiger partial charge in [-0.1, -0.05) is 26.8 Å². The van der Waals surface area contributed by atoms with Crippen LogP contribution in [0.4, 0.5) is 20.7 Å². The van der Waals surface area contributed by atoms with E-state index in [1.54, 1.807) is 6.92 Å². The number of rotatable bonds is 12. The van der Waals surface area contributed by atoms with Gasteiger partial charge in [-0.15, -0.1) is 0 Å². The van der Waals surface area contributed by atoms with Gasteiger partial charge in [0.2, 0.25) is 27.7 Å². The lowest BCUT2D eigenvalue weighted by atomic mass is 10.0. The van der Waals surface area contributed by atoms with Gasteiger partial charge in [0.15, 0.2) is 11.6 Å². The molecule has 1 heterocycles. The lowest BCUT2D eigenvalue weighted by Crippen LogP contribution is -2.27. The second-order valence-electron chi connectivity index (χ2n) is 8.10. The van der Waals surface area contributed by atoms with Gasteiger partial charge in [-0.05, 0) is 30.4 Å². The number of aromatic nitrogens is 3.